The largest absolute Gasteiger partial charge is 0.497 e. The Hall–Kier alpha value is -2.28. The fourth-order valence-electron chi connectivity index (χ4n) is 3.52. The van der Waals surface area contributed by atoms with E-state index in [4.69, 9.17) is 4.74 Å². The molecule has 162 valence electrons. The van der Waals surface area contributed by atoms with Crippen LogP contribution in [-0.2, 0) is 4.79 Å². The monoisotopic (exact) mass is 403 g/mol. The number of likely N-dealkylation sites (tertiary alicyclic amines) is 1. The van der Waals surface area contributed by atoms with Crippen LogP contribution >= 0.6 is 0 Å². The first-order valence-electron chi connectivity index (χ1n) is 10.7. The zero-order valence-electron chi connectivity index (χ0n) is 18.3. The highest BCUT2D eigenvalue weighted by atomic mass is 16.5. The van der Waals surface area contributed by atoms with Crippen LogP contribution in [0.25, 0.3) is 0 Å². The highest BCUT2D eigenvalue weighted by Gasteiger charge is 2.24. The van der Waals surface area contributed by atoms with Crippen molar-refractivity contribution in [3.05, 3.63) is 29.8 Å². The summed E-state index contributed by atoms with van der Waals surface area (Å²) in [6, 6.07) is 8.75. The number of nitrogens with one attached hydrogen (secondary N) is 3. The summed E-state index contributed by atoms with van der Waals surface area (Å²) in [6.07, 6.45) is 3.83. The molecule has 2 unspecified atom stereocenters. The first kappa shape index (κ1) is 23.0. The van der Waals surface area contributed by atoms with Gasteiger partial charge in [-0.15, -0.1) is 0 Å². The fourth-order valence-corrected chi connectivity index (χ4v) is 3.52. The molecule has 2 atom stereocenters. The quantitative estimate of drug-likeness (QED) is 0.413. The summed E-state index contributed by atoms with van der Waals surface area (Å²) in [5, 5.41) is 9.66. The van der Waals surface area contributed by atoms with Gasteiger partial charge in [-0.25, -0.2) is 0 Å². The lowest BCUT2D eigenvalue weighted by molar-refractivity contribution is -0.121. The van der Waals surface area contributed by atoms with E-state index in [1.54, 1.807) is 14.2 Å². The van der Waals surface area contributed by atoms with Crippen molar-refractivity contribution in [1.82, 2.24) is 20.9 Å². The molecule has 1 fully saturated rings. The van der Waals surface area contributed by atoms with Gasteiger partial charge in [0.2, 0.25) is 5.91 Å². The molecule has 0 bridgehead atoms. The van der Waals surface area contributed by atoms with Gasteiger partial charge >= 0.3 is 0 Å². The predicted molar refractivity (Wildman–Crippen MR) is 118 cm³/mol. The van der Waals surface area contributed by atoms with Gasteiger partial charge in [0.25, 0.3) is 0 Å². The number of carbonyl (C=O) groups excluding carboxylic acids is 1. The van der Waals surface area contributed by atoms with Gasteiger partial charge in [0, 0.05) is 32.6 Å². The van der Waals surface area contributed by atoms with E-state index in [1.807, 2.05) is 19.1 Å². The van der Waals surface area contributed by atoms with E-state index in [9.17, 15) is 4.79 Å². The first-order chi connectivity index (χ1) is 14.1. The molecule has 0 saturated carbocycles. The standard InChI is InChI=1S/C22H37N5O2/c1-5-17(2)26-21(28)11-12-24-22(23-3)25-16-20(27-13-6-7-14-27)18-9-8-10-19(15-18)29-4/h8-10,15,17,20H,5-7,11-14,16H2,1-4H3,(H,26,28)(H2,23,24,25). The van der Waals surface area contributed by atoms with Crippen molar-refractivity contribution in [2.24, 2.45) is 4.99 Å². The van der Waals surface area contributed by atoms with Gasteiger partial charge in [0.05, 0.1) is 13.2 Å². The third-order valence-corrected chi connectivity index (χ3v) is 5.41. The fraction of sp³-hybridized carbons (Fsp3) is 0.636. The summed E-state index contributed by atoms with van der Waals surface area (Å²) in [7, 11) is 3.45. The van der Waals surface area contributed by atoms with Crippen LogP contribution in [0, 0.1) is 0 Å². The maximum atomic E-state index is 11.9. The van der Waals surface area contributed by atoms with Crippen molar-refractivity contribution in [3.63, 3.8) is 0 Å². The third kappa shape index (κ3) is 7.57. The van der Waals surface area contributed by atoms with Crippen molar-refractivity contribution in [1.29, 1.82) is 0 Å². The number of benzene rings is 1. The van der Waals surface area contributed by atoms with E-state index in [2.05, 4.69) is 44.9 Å². The Morgan fingerprint density at radius 2 is 2.03 bits per heavy atom. The molecule has 1 saturated heterocycles. The molecule has 2 rings (SSSR count). The molecular weight excluding hydrogens is 366 g/mol. The number of ether oxygens (including phenoxy) is 1. The van der Waals surface area contributed by atoms with Crippen molar-refractivity contribution >= 4 is 11.9 Å². The average Bonchev–Trinajstić information content (AvgIpc) is 3.27. The number of amides is 1. The number of hydrogen-bond donors (Lipinski definition) is 3. The Kier molecular flexibility index (Phi) is 9.77. The molecule has 0 spiro atoms. The second-order valence-electron chi connectivity index (χ2n) is 7.54. The van der Waals surface area contributed by atoms with Crippen LogP contribution in [0.4, 0.5) is 0 Å². The SMILES string of the molecule is CCC(C)NC(=O)CCNC(=NC)NCC(c1cccc(OC)c1)N1CCCC1. The van der Waals surface area contributed by atoms with Crippen molar-refractivity contribution in [2.45, 2.75) is 51.6 Å². The van der Waals surface area contributed by atoms with Crippen LogP contribution in [0.15, 0.2) is 29.3 Å². The molecule has 29 heavy (non-hydrogen) atoms. The highest BCUT2D eigenvalue weighted by molar-refractivity contribution is 5.81. The molecule has 7 heteroatoms. The lowest BCUT2D eigenvalue weighted by atomic mass is 10.1. The summed E-state index contributed by atoms with van der Waals surface area (Å²) in [4.78, 5) is 18.8. The lowest BCUT2D eigenvalue weighted by Crippen LogP contribution is -2.44. The molecule has 0 radical (unpaired) electrons. The first-order valence-corrected chi connectivity index (χ1v) is 10.7. The summed E-state index contributed by atoms with van der Waals surface area (Å²) in [6.45, 7) is 7.58. The van der Waals surface area contributed by atoms with Crippen LogP contribution in [-0.4, -0.2) is 63.1 Å². The zero-order valence-corrected chi connectivity index (χ0v) is 18.3. The second-order valence-corrected chi connectivity index (χ2v) is 7.54. The van der Waals surface area contributed by atoms with E-state index in [0.717, 1.165) is 31.8 Å². The number of hydrogen-bond acceptors (Lipinski definition) is 4. The molecule has 1 aliphatic rings. The minimum atomic E-state index is 0.0635. The average molecular weight is 404 g/mol. The number of methoxy groups -OCH3 is 1. The van der Waals surface area contributed by atoms with Gasteiger partial charge in [-0.3, -0.25) is 14.7 Å². The summed E-state index contributed by atoms with van der Waals surface area (Å²) >= 11 is 0. The molecule has 1 heterocycles. The Morgan fingerprint density at radius 3 is 2.69 bits per heavy atom. The molecule has 3 N–H and O–H groups in total. The summed E-state index contributed by atoms with van der Waals surface area (Å²) in [5.41, 5.74) is 1.24. The van der Waals surface area contributed by atoms with Crippen LogP contribution < -0.4 is 20.7 Å². The van der Waals surface area contributed by atoms with Gasteiger partial charge < -0.3 is 20.7 Å². The Morgan fingerprint density at radius 1 is 1.28 bits per heavy atom. The van der Waals surface area contributed by atoms with E-state index >= 15 is 0 Å². The van der Waals surface area contributed by atoms with Gasteiger partial charge in [-0.1, -0.05) is 19.1 Å². The van der Waals surface area contributed by atoms with Gasteiger partial charge in [-0.2, -0.15) is 0 Å². The molecular formula is C22H37N5O2. The Bertz CT molecular complexity index is 658. The summed E-state index contributed by atoms with van der Waals surface area (Å²) in [5.74, 6) is 1.66. The smallest absolute Gasteiger partial charge is 0.221 e. The normalized spacial score (nSPS) is 16.9. The molecule has 0 aromatic heterocycles. The van der Waals surface area contributed by atoms with Crippen LogP contribution in [0.5, 0.6) is 5.75 Å². The molecule has 1 aromatic carbocycles. The second kappa shape index (κ2) is 12.3. The van der Waals surface area contributed by atoms with Crippen molar-refractivity contribution in [2.75, 3.05) is 40.3 Å². The Balaban J connectivity index is 1.90. The maximum absolute atomic E-state index is 11.9. The lowest BCUT2D eigenvalue weighted by Gasteiger charge is -2.29. The van der Waals surface area contributed by atoms with Gasteiger partial charge in [0.15, 0.2) is 5.96 Å². The van der Waals surface area contributed by atoms with Crippen LogP contribution in [0.3, 0.4) is 0 Å². The van der Waals surface area contributed by atoms with Crippen molar-refractivity contribution in [3.8, 4) is 5.75 Å². The zero-order chi connectivity index (χ0) is 21.1. The van der Waals surface area contributed by atoms with E-state index in [0.29, 0.717) is 18.9 Å². The number of carbonyl (C=O) groups is 1. The number of aliphatic imine (C=N–C) groups is 1. The number of guanidine groups is 1. The molecule has 0 aliphatic carbocycles. The maximum Gasteiger partial charge on any atom is 0.221 e. The Labute approximate surface area is 175 Å². The molecule has 1 aromatic rings. The number of nitrogens with zero attached hydrogens (tertiary/aromatic N) is 2. The van der Waals surface area contributed by atoms with E-state index in [1.165, 1.54) is 18.4 Å². The van der Waals surface area contributed by atoms with E-state index in [-0.39, 0.29) is 18.0 Å². The molecule has 1 amide bonds. The van der Waals surface area contributed by atoms with Crippen molar-refractivity contribution < 1.29 is 9.53 Å². The highest BCUT2D eigenvalue weighted by Crippen LogP contribution is 2.27. The predicted octanol–water partition coefficient (Wildman–Crippen LogP) is 2.30. The minimum Gasteiger partial charge on any atom is -0.497 e. The number of rotatable bonds is 10. The van der Waals surface area contributed by atoms with Crippen LogP contribution in [0.1, 0.15) is 51.1 Å². The van der Waals surface area contributed by atoms with E-state index < -0.39 is 0 Å². The van der Waals surface area contributed by atoms with Gasteiger partial charge in [0.1, 0.15) is 5.75 Å². The van der Waals surface area contributed by atoms with Gasteiger partial charge in [-0.05, 0) is 57.0 Å². The topological polar surface area (TPSA) is 78.0 Å². The van der Waals surface area contributed by atoms with Crippen LogP contribution in [0.2, 0.25) is 0 Å². The molecule has 7 nitrogen and oxygen atoms in total. The minimum absolute atomic E-state index is 0.0635. The molecule has 1 aliphatic heterocycles. The summed E-state index contributed by atoms with van der Waals surface area (Å²) < 4.78 is 5.41. The third-order valence-electron chi connectivity index (χ3n) is 5.41.